The molecular weight excluding hydrogens is 286 g/mol. The predicted octanol–water partition coefficient (Wildman–Crippen LogP) is 4.83. The fraction of sp³-hybridized carbons (Fsp3) is 0.684. The van der Waals surface area contributed by atoms with E-state index in [9.17, 15) is 0 Å². The quantitative estimate of drug-likeness (QED) is 0.846. The van der Waals surface area contributed by atoms with E-state index in [1.807, 2.05) is 0 Å². The first-order chi connectivity index (χ1) is 11.2. The first kappa shape index (κ1) is 17.9. The molecule has 3 rings (SSSR count). The van der Waals surface area contributed by atoms with Crippen molar-refractivity contribution in [2.24, 2.45) is 5.41 Å². The number of H-pyrrole nitrogens is 1. The Hall–Kier alpha value is -1.42. The zero-order valence-electron chi connectivity index (χ0n) is 14.6. The molecule has 0 spiro atoms. The molecule has 0 radical (unpaired) electrons. The normalized spacial score (nSPS) is 25.7. The molecule has 1 saturated carbocycles. The van der Waals surface area contributed by atoms with E-state index in [0.29, 0.717) is 12.2 Å². The molecule has 4 nitrogen and oxygen atoms in total. The number of aromatic amines is 1. The topological polar surface area (TPSA) is 50.8 Å². The second-order valence-corrected chi connectivity index (χ2v) is 6.83. The Labute approximate surface area is 140 Å². The van der Waals surface area contributed by atoms with E-state index in [-0.39, 0.29) is 5.41 Å². The van der Waals surface area contributed by atoms with Gasteiger partial charge in [0, 0.05) is 11.6 Å². The van der Waals surface area contributed by atoms with Gasteiger partial charge in [0.1, 0.15) is 0 Å². The Morgan fingerprint density at radius 3 is 2.61 bits per heavy atom. The molecule has 0 bridgehead atoms. The van der Waals surface area contributed by atoms with Crippen LogP contribution in [0.5, 0.6) is 0 Å². The average Bonchev–Trinajstić information content (AvgIpc) is 3.16. The summed E-state index contributed by atoms with van der Waals surface area (Å²) in [4.78, 5) is 0. The van der Waals surface area contributed by atoms with Gasteiger partial charge in [-0.3, -0.25) is 5.10 Å². The van der Waals surface area contributed by atoms with Gasteiger partial charge in [-0.25, -0.2) is 0 Å². The van der Waals surface area contributed by atoms with Gasteiger partial charge in [0.25, 0.3) is 0 Å². The summed E-state index contributed by atoms with van der Waals surface area (Å²) in [6, 6.07) is 0. The molecule has 2 unspecified atom stereocenters. The summed E-state index contributed by atoms with van der Waals surface area (Å²) >= 11 is 0. The summed E-state index contributed by atoms with van der Waals surface area (Å²) < 4.78 is 6.49. The number of hydrogen-bond donors (Lipinski definition) is 1. The van der Waals surface area contributed by atoms with E-state index in [2.05, 4.69) is 53.6 Å². The van der Waals surface area contributed by atoms with Crippen LogP contribution in [0.2, 0.25) is 0 Å². The van der Waals surface area contributed by atoms with Crippen molar-refractivity contribution in [1.29, 1.82) is 0 Å². The number of nitrogens with one attached hydrogen (secondary N) is 1. The van der Waals surface area contributed by atoms with Crippen molar-refractivity contribution in [3.63, 3.8) is 0 Å². The van der Waals surface area contributed by atoms with Crippen molar-refractivity contribution in [3.05, 3.63) is 36.7 Å². The van der Waals surface area contributed by atoms with Crippen LogP contribution in [0.15, 0.2) is 36.7 Å². The van der Waals surface area contributed by atoms with Gasteiger partial charge in [-0.05, 0) is 25.7 Å². The SMILES string of the molecule is CCCC(OC1CCCCC1)C1(C)C=CC=CC1.c1c[nH]nn1. The van der Waals surface area contributed by atoms with Crippen LogP contribution in [-0.4, -0.2) is 27.6 Å². The Morgan fingerprint density at radius 2 is 2.09 bits per heavy atom. The van der Waals surface area contributed by atoms with E-state index < -0.39 is 0 Å². The van der Waals surface area contributed by atoms with Gasteiger partial charge in [-0.15, -0.1) is 5.10 Å². The van der Waals surface area contributed by atoms with Gasteiger partial charge in [0.15, 0.2) is 0 Å². The summed E-state index contributed by atoms with van der Waals surface area (Å²) in [6.07, 6.45) is 23.3. The molecular formula is C19H31N3O. The van der Waals surface area contributed by atoms with Crippen LogP contribution < -0.4 is 0 Å². The van der Waals surface area contributed by atoms with Gasteiger partial charge in [-0.1, -0.05) is 69.0 Å². The van der Waals surface area contributed by atoms with Gasteiger partial charge in [0.2, 0.25) is 0 Å². The third-order valence-electron chi connectivity index (χ3n) is 4.81. The van der Waals surface area contributed by atoms with Gasteiger partial charge in [0.05, 0.1) is 18.4 Å². The number of hydrogen-bond acceptors (Lipinski definition) is 3. The maximum Gasteiger partial charge on any atom is 0.0690 e. The summed E-state index contributed by atoms with van der Waals surface area (Å²) in [7, 11) is 0. The molecule has 2 aliphatic carbocycles. The summed E-state index contributed by atoms with van der Waals surface area (Å²) in [5, 5.41) is 9.26. The number of allylic oxidation sites excluding steroid dienone is 3. The molecule has 1 N–H and O–H groups in total. The highest BCUT2D eigenvalue weighted by Gasteiger charge is 2.33. The van der Waals surface area contributed by atoms with Crippen molar-refractivity contribution < 1.29 is 4.74 Å². The zero-order chi connectivity index (χ0) is 16.4. The molecule has 1 heterocycles. The number of rotatable bonds is 5. The molecule has 1 fully saturated rings. The fourth-order valence-corrected chi connectivity index (χ4v) is 3.40. The maximum atomic E-state index is 6.49. The van der Waals surface area contributed by atoms with Crippen LogP contribution in [0.3, 0.4) is 0 Å². The Balaban J connectivity index is 0.000000326. The lowest BCUT2D eigenvalue weighted by Crippen LogP contribution is -2.37. The molecule has 1 aromatic heterocycles. The van der Waals surface area contributed by atoms with Crippen LogP contribution in [0.4, 0.5) is 0 Å². The van der Waals surface area contributed by atoms with Crippen molar-refractivity contribution >= 4 is 0 Å². The third kappa shape index (κ3) is 5.94. The minimum Gasteiger partial charge on any atom is -0.374 e. The summed E-state index contributed by atoms with van der Waals surface area (Å²) in [6.45, 7) is 4.62. The fourth-order valence-electron chi connectivity index (χ4n) is 3.40. The Morgan fingerprint density at radius 1 is 1.26 bits per heavy atom. The number of nitrogens with zero attached hydrogens (tertiary/aromatic N) is 2. The van der Waals surface area contributed by atoms with E-state index in [1.165, 1.54) is 44.9 Å². The monoisotopic (exact) mass is 317 g/mol. The standard InChI is InChI=1S/C17H28O.C2H3N3/c1-3-10-16(17(2)13-8-5-9-14-17)18-15-11-6-4-7-12-15;1-2-4-5-3-1/h5,8-9,13,15-16H,3-4,6-7,10-12,14H2,1-2H3;1-2H,(H,3,4,5). The maximum absolute atomic E-state index is 6.49. The van der Waals surface area contributed by atoms with Gasteiger partial charge >= 0.3 is 0 Å². The summed E-state index contributed by atoms with van der Waals surface area (Å²) in [5.41, 5.74) is 0.211. The molecule has 23 heavy (non-hydrogen) atoms. The number of aromatic nitrogens is 3. The lowest BCUT2D eigenvalue weighted by Gasteiger charge is -2.39. The van der Waals surface area contributed by atoms with Crippen LogP contribution in [0, 0.1) is 5.41 Å². The molecule has 128 valence electrons. The molecule has 0 amide bonds. The molecule has 2 aliphatic rings. The lowest BCUT2D eigenvalue weighted by molar-refractivity contribution is -0.0781. The minimum absolute atomic E-state index is 0.211. The minimum atomic E-state index is 0.211. The first-order valence-corrected chi connectivity index (χ1v) is 9.05. The van der Waals surface area contributed by atoms with Gasteiger partial charge in [-0.2, -0.15) is 0 Å². The van der Waals surface area contributed by atoms with Crippen LogP contribution in [0.25, 0.3) is 0 Å². The zero-order valence-corrected chi connectivity index (χ0v) is 14.6. The largest absolute Gasteiger partial charge is 0.374 e. The van der Waals surface area contributed by atoms with E-state index in [0.717, 1.165) is 6.42 Å². The molecule has 4 heteroatoms. The van der Waals surface area contributed by atoms with Crippen molar-refractivity contribution in [2.75, 3.05) is 0 Å². The lowest BCUT2D eigenvalue weighted by atomic mass is 9.76. The van der Waals surface area contributed by atoms with E-state index in [4.69, 9.17) is 4.74 Å². The smallest absolute Gasteiger partial charge is 0.0690 e. The molecule has 2 atom stereocenters. The van der Waals surface area contributed by atoms with Gasteiger partial charge < -0.3 is 4.74 Å². The molecule has 0 saturated heterocycles. The van der Waals surface area contributed by atoms with Crippen LogP contribution in [0.1, 0.15) is 65.2 Å². The Bertz CT molecular complexity index is 446. The van der Waals surface area contributed by atoms with Crippen LogP contribution in [-0.2, 0) is 4.74 Å². The second-order valence-electron chi connectivity index (χ2n) is 6.83. The second kappa shape index (κ2) is 9.66. The van der Waals surface area contributed by atoms with E-state index in [1.54, 1.807) is 12.4 Å². The molecule has 0 aliphatic heterocycles. The average molecular weight is 317 g/mol. The highest BCUT2D eigenvalue weighted by atomic mass is 16.5. The molecule has 1 aromatic rings. The highest BCUT2D eigenvalue weighted by Crippen LogP contribution is 2.37. The molecule has 0 aromatic carbocycles. The summed E-state index contributed by atoms with van der Waals surface area (Å²) in [5.74, 6) is 0. The first-order valence-electron chi connectivity index (χ1n) is 9.05. The number of ether oxygens (including phenoxy) is 1. The van der Waals surface area contributed by atoms with E-state index >= 15 is 0 Å². The van der Waals surface area contributed by atoms with Crippen molar-refractivity contribution in [3.8, 4) is 0 Å². The van der Waals surface area contributed by atoms with Crippen LogP contribution >= 0.6 is 0 Å². The highest BCUT2D eigenvalue weighted by molar-refractivity contribution is 5.17. The predicted molar refractivity (Wildman–Crippen MR) is 94.0 cm³/mol. The Kier molecular flexibility index (Phi) is 7.53. The third-order valence-corrected chi connectivity index (χ3v) is 4.81. The van der Waals surface area contributed by atoms with Crippen molar-refractivity contribution in [1.82, 2.24) is 15.4 Å². The van der Waals surface area contributed by atoms with Crippen molar-refractivity contribution in [2.45, 2.75) is 77.4 Å².